The summed E-state index contributed by atoms with van der Waals surface area (Å²) in [5.41, 5.74) is -0.651. The molecule has 2 aromatic rings. The first-order valence-electron chi connectivity index (χ1n) is 10.6. The summed E-state index contributed by atoms with van der Waals surface area (Å²) < 4.78 is 0. The van der Waals surface area contributed by atoms with Crippen LogP contribution in [0.1, 0.15) is 64.3 Å². The van der Waals surface area contributed by atoms with E-state index < -0.39 is 11.0 Å². The number of halogens is 1. The Morgan fingerprint density at radius 1 is 0.900 bits per heavy atom. The second-order valence-electron chi connectivity index (χ2n) is 8.85. The smallest absolute Gasteiger partial charge is 0.192 e. The lowest BCUT2D eigenvalue weighted by atomic mass is 9.57. The highest BCUT2D eigenvalue weighted by Gasteiger charge is 2.75. The molecule has 30 heavy (non-hydrogen) atoms. The van der Waals surface area contributed by atoms with Gasteiger partial charge in [0.05, 0.1) is 5.41 Å². The summed E-state index contributed by atoms with van der Waals surface area (Å²) >= 11 is 6.12. The van der Waals surface area contributed by atoms with Crippen LogP contribution in [-0.2, 0) is 4.79 Å². The molecule has 3 aliphatic rings. The van der Waals surface area contributed by atoms with Gasteiger partial charge in [-0.1, -0.05) is 60.8 Å². The molecule has 0 aromatic heterocycles. The van der Waals surface area contributed by atoms with Gasteiger partial charge in [0, 0.05) is 35.0 Å². The third kappa shape index (κ3) is 2.29. The first-order valence-corrected chi connectivity index (χ1v) is 11.0. The Morgan fingerprint density at radius 3 is 2.17 bits per heavy atom. The highest BCUT2D eigenvalue weighted by molar-refractivity contribution is 6.35. The van der Waals surface area contributed by atoms with E-state index in [4.69, 9.17) is 11.6 Å². The lowest BCUT2D eigenvalue weighted by molar-refractivity contribution is -0.132. The Labute approximate surface area is 181 Å². The van der Waals surface area contributed by atoms with Gasteiger partial charge in [0.25, 0.3) is 0 Å². The van der Waals surface area contributed by atoms with Crippen molar-refractivity contribution < 1.29 is 14.4 Å². The first kappa shape index (κ1) is 19.7. The molecule has 154 valence electrons. The Bertz CT molecular complexity index is 1030. The van der Waals surface area contributed by atoms with Crippen LogP contribution in [0, 0.1) is 5.41 Å². The summed E-state index contributed by atoms with van der Waals surface area (Å²) in [6.07, 6.45) is 3.55. The van der Waals surface area contributed by atoms with Crippen molar-refractivity contribution in [1.82, 2.24) is 4.90 Å². The van der Waals surface area contributed by atoms with Crippen LogP contribution >= 0.6 is 11.6 Å². The van der Waals surface area contributed by atoms with E-state index in [0.29, 0.717) is 35.5 Å². The van der Waals surface area contributed by atoms with E-state index in [0.717, 1.165) is 24.8 Å². The summed E-state index contributed by atoms with van der Waals surface area (Å²) in [5, 5.41) is 0.626. The number of hydrogen-bond acceptors (Lipinski definition) is 4. The maximum atomic E-state index is 14.0. The van der Waals surface area contributed by atoms with E-state index in [1.165, 1.54) is 0 Å². The number of fused-ring (bicyclic) bond motifs is 2. The van der Waals surface area contributed by atoms with Crippen LogP contribution < -0.4 is 0 Å². The molecule has 2 aromatic carbocycles. The molecular formula is C25H24ClNO3. The maximum Gasteiger partial charge on any atom is 0.192 e. The predicted octanol–water partition coefficient (Wildman–Crippen LogP) is 4.71. The zero-order chi connectivity index (χ0) is 21.1. The van der Waals surface area contributed by atoms with E-state index in [2.05, 4.69) is 0 Å². The molecule has 1 heterocycles. The van der Waals surface area contributed by atoms with Crippen molar-refractivity contribution in [2.45, 2.75) is 43.6 Å². The van der Waals surface area contributed by atoms with Crippen LogP contribution in [-0.4, -0.2) is 41.4 Å². The molecular weight excluding hydrogens is 398 g/mol. The Morgan fingerprint density at radius 2 is 1.53 bits per heavy atom. The van der Waals surface area contributed by atoms with Crippen LogP contribution in [0.3, 0.4) is 0 Å². The number of carbonyl (C=O) groups is 3. The number of hydrogen-bond donors (Lipinski definition) is 0. The molecule has 0 N–H and O–H groups in total. The second kappa shape index (κ2) is 6.86. The molecule has 5 rings (SSSR count). The number of Topliss-reactive ketones (excluding diaryl/α,β-unsaturated/α-hetero) is 3. The van der Waals surface area contributed by atoms with Gasteiger partial charge in [0.2, 0.25) is 0 Å². The van der Waals surface area contributed by atoms with Crippen molar-refractivity contribution in [3.05, 3.63) is 70.2 Å². The summed E-state index contributed by atoms with van der Waals surface area (Å²) in [7, 11) is 1.83. The zero-order valence-electron chi connectivity index (χ0n) is 17.0. The predicted molar refractivity (Wildman–Crippen MR) is 115 cm³/mol. The molecule has 1 aliphatic heterocycles. The van der Waals surface area contributed by atoms with Gasteiger partial charge in [-0.2, -0.15) is 0 Å². The third-order valence-corrected chi connectivity index (χ3v) is 7.84. The first-order chi connectivity index (χ1) is 14.4. The van der Waals surface area contributed by atoms with E-state index in [1.54, 1.807) is 24.3 Å². The van der Waals surface area contributed by atoms with E-state index in [9.17, 15) is 14.4 Å². The summed E-state index contributed by atoms with van der Waals surface area (Å²) in [4.78, 5) is 43.7. The maximum absolute atomic E-state index is 14.0. The number of carbonyl (C=O) groups excluding carboxylic acids is 3. The topological polar surface area (TPSA) is 54.5 Å². The van der Waals surface area contributed by atoms with Crippen molar-refractivity contribution in [1.29, 1.82) is 0 Å². The minimum absolute atomic E-state index is 0.0545. The van der Waals surface area contributed by atoms with Gasteiger partial charge in [-0.05, 0) is 37.6 Å². The van der Waals surface area contributed by atoms with Gasteiger partial charge in [-0.15, -0.1) is 0 Å². The van der Waals surface area contributed by atoms with Crippen LogP contribution in [0.15, 0.2) is 48.5 Å². The quantitative estimate of drug-likeness (QED) is 0.626. The highest BCUT2D eigenvalue weighted by atomic mass is 35.5. The fourth-order valence-corrected chi connectivity index (χ4v) is 6.47. The standard InChI is InChI=1S/C25H24ClNO3/c1-27-15-20(16-10-12-17(26)13-11-16)24(14-6-2-3-9-21(24)28)25(27)22(29)18-7-4-5-8-19(18)23(25)30/h4-5,7-8,10-13,20H,2-3,6,9,14-15H2,1H3/t20-,24+/m1/s1. The van der Waals surface area contributed by atoms with Crippen molar-refractivity contribution in [2.24, 2.45) is 5.41 Å². The summed E-state index contributed by atoms with van der Waals surface area (Å²) in [6.45, 7) is 0.485. The molecule has 0 amide bonds. The highest BCUT2D eigenvalue weighted by Crippen LogP contribution is 2.62. The molecule has 5 heteroatoms. The SMILES string of the molecule is CN1C[C@H](c2ccc(Cl)cc2)[C@]2(CCCCCC2=O)C12C(=O)c1ccccc1C2=O. The molecule has 0 radical (unpaired) electrons. The molecule has 0 unspecified atom stereocenters. The lowest BCUT2D eigenvalue weighted by Crippen LogP contribution is -2.64. The molecule has 2 aliphatic carbocycles. The van der Waals surface area contributed by atoms with Crippen LogP contribution in [0.2, 0.25) is 5.02 Å². The van der Waals surface area contributed by atoms with Gasteiger partial charge in [0.1, 0.15) is 5.78 Å². The minimum Gasteiger partial charge on any atom is -0.299 e. The van der Waals surface area contributed by atoms with E-state index in [1.807, 2.05) is 36.2 Å². The van der Waals surface area contributed by atoms with Crippen molar-refractivity contribution >= 4 is 29.0 Å². The number of likely N-dealkylation sites (N-methyl/N-ethyl adjacent to an activating group) is 1. The zero-order valence-corrected chi connectivity index (χ0v) is 17.7. The number of rotatable bonds is 1. The van der Waals surface area contributed by atoms with Crippen molar-refractivity contribution in [3.63, 3.8) is 0 Å². The van der Waals surface area contributed by atoms with E-state index >= 15 is 0 Å². The lowest BCUT2D eigenvalue weighted by Gasteiger charge is -2.44. The second-order valence-corrected chi connectivity index (χ2v) is 9.29. The minimum atomic E-state index is -1.46. The van der Waals surface area contributed by atoms with Gasteiger partial charge in [-0.25, -0.2) is 0 Å². The normalized spacial score (nSPS) is 28.3. The van der Waals surface area contributed by atoms with Crippen molar-refractivity contribution in [3.8, 4) is 0 Å². The van der Waals surface area contributed by atoms with Gasteiger partial charge in [-0.3, -0.25) is 19.3 Å². The molecule has 1 saturated carbocycles. The molecule has 4 nitrogen and oxygen atoms in total. The number of ketones is 3. The Hall–Kier alpha value is -2.30. The van der Waals surface area contributed by atoms with Gasteiger partial charge < -0.3 is 0 Å². The Balaban J connectivity index is 1.79. The Kier molecular flexibility index (Phi) is 4.49. The monoisotopic (exact) mass is 421 g/mol. The number of likely N-dealkylation sites (tertiary alicyclic amines) is 1. The fraction of sp³-hybridized carbons (Fsp3) is 0.400. The molecule has 2 spiro atoms. The van der Waals surface area contributed by atoms with Gasteiger partial charge >= 0.3 is 0 Å². The number of benzene rings is 2. The van der Waals surface area contributed by atoms with Crippen LogP contribution in [0.25, 0.3) is 0 Å². The third-order valence-electron chi connectivity index (χ3n) is 7.59. The van der Waals surface area contributed by atoms with Crippen molar-refractivity contribution in [2.75, 3.05) is 13.6 Å². The largest absolute Gasteiger partial charge is 0.299 e. The molecule has 2 fully saturated rings. The molecule has 0 bridgehead atoms. The average Bonchev–Trinajstić information content (AvgIpc) is 3.04. The summed E-state index contributed by atoms with van der Waals surface area (Å²) in [6, 6.07) is 14.6. The average molecular weight is 422 g/mol. The van der Waals surface area contributed by atoms with Crippen LogP contribution in [0.4, 0.5) is 0 Å². The number of nitrogens with zero attached hydrogens (tertiary/aromatic N) is 1. The fourth-order valence-electron chi connectivity index (χ4n) is 6.35. The van der Waals surface area contributed by atoms with Gasteiger partial charge in [0.15, 0.2) is 17.1 Å². The van der Waals surface area contributed by atoms with Crippen LogP contribution in [0.5, 0.6) is 0 Å². The summed E-state index contributed by atoms with van der Waals surface area (Å²) in [5.74, 6) is -0.596. The molecule has 2 atom stereocenters. The van der Waals surface area contributed by atoms with E-state index in [-0.39, 0.29) is 23.3 Å². The molecule has 1 saturated heterocycles.